The molecule has 110 valence electrons. The summed E-state index contributed by atoms with van der Waals surface area (Å²) in [4.78, 5) is 4.73. The number of hydrogen-bond donors (Lipinski definition) is 2. The molecule has 0 unspecified atom stereocenters. The van der Waals surface area contributed by atoms with E-state index >= 15 is 0 Å². The van der Waals surface area contributed by atoms with Crippen molar-refractivity contribution in [2.24, 2.45) is 4.99 Å². The molecule has 1 aromatic rings. The third-order valence-electron chi connectivity index (χ3n) is 2.53. The Morgan fingerprint density at radius 1 is 1.30 bits per heavy atom. The number of sulfone groups is 1. The minimum absolute atomic E-state index is 0.321. The normalized spacial score (nSPS) is 12.0. The molecule has 0 aromatic heterocycles. The molecule has 1 rings (SSSR count). The molecule has 0 saturated heterocycles. The molecule has 0 heterocycles. The van der Waals surface area contributed by atoms with Crippen LogP contribution in [-0.4, -0.2) is 33.7 Å². The number of hydrogen-bond acceptors (Lipinski definition) is 3. The van der Waals surface area contributed by atoms with Gasteiger partial charge < -0.3 is 10.6 Å². The molecule has 6 heteroatoms. The zero-order valence-electron chi connectivity index (χ0n) is 11.9. The fourth-order valence-corrected chi connectivity index (χ4v) is 2.15. The molecule has 2 N–H and O–H groups in total. The van der Waals surface area contributed by atoms with E-state index in [0.717, 1.165) is 12.1 Å². The molecule has 0 saturated carbocycles. The number of aliphatic imine (C=N–C) groups is 1. The van der Waals surface area contributed by atoms with Crippen molar-refractivity contribution < 1.29 is 8.42 Å². The maximum Gasteiger partial charge on any atom is 0.191 e. The SMILES string of the molecule is C=CCNC(=NCc1ccc(S(C)(=O)=O)cc1)NCC. The largest absolute Gasteiger partial charge is 0.357 e. The summed E-state index contributed by atoms with van der Waals surface area (Å²) in [7, 11) is -3.14. The second kappa shape index (κ2) is 7.69. The van der Waals surface area contributed by atoms with E-state index in [1.165, 1.54) is 6.26 Å². The number of rotatable bonds is 6. The molecule has 0 aliphatic heterocycles. The van der Waals surface area contributed by atoms with Gasteiger partial charge in [-0.15, -0.1) is 6.58 Å². The van der Waals surface area contributed by atoms with Crippen LogP contribution in [-0.2, 0) is 16.4 Å². The topological polar surface area (TPSA) is 70.6 Å². The van der Waals surface area contributed by atoms with Crippen LogP contribution in [0.25, 0.3) is 0 Å². The lowest BCUT2D eigenvalue weighted by molar-refractivity contribution is 0.602. The highest BCUT2D eigenvalue weighted by Gasteiger charge is 2.05. The summed E-state index contributed by atoms with van der Waals surface area (Å²) in [5.41, 5.74) is 0.952. The van der Waals surface area contributed by atoms with Gasteiger partial charge in [0.2, 0.25) is 0 Å². The molecule has 0 fully saturated rings. The first-order valence-corrected chi connectivity index (χ1v) is 8.28. The molecular formula is C14H21N3O2S. The lowest BCUT2D eigenvalue weighted by Gasteiger charge is -2.09. The standard InChI is InChI=1S/C14H21N3O2S/c1-4-10-16-14(15-5-2)17-11-12-6-8-13(9-7-12)20(3,18)19/h4,6-9H,1,5,10-11H2,2-3H3,(H2,15,16,17). The Balaban J connectivity index is 2.73. The van der Waals surface area contributed by atoms with Gasteiger partial charge >= 0.3 is 0 Å². The van der Waals surface area contributed by atoms with Crippen LogP contribution < -0.4 is 10.6 Å². The maximum absolute atomic E-state index is 11.4. The highest BCUT2D eigenvalue weighted by Crippen LogP contribution is 2.10. The van der Waals surface area contributed by atoms with Crippen molar-refractivity contribution in [3.8, 4) is 0 Å². The molecule has 0 aliphatic rings. The van der Waals surface area contributed by atoms with E-state index in [4.69, 9.17) is 0 Å². The Kier molecular flexibility index (Phi) is 6.24. The molecule has 20 heavy (non-hydrogen) atoms. The Bertz CT molecular complexity index is 563. The van der Waals surface area contributed by atoms with Crippen LogP contribution in [0.2, 0.25) is 0 Å². The predicted octanol–water partition coefficient (Wildman–Crippen LogP) is 1.33. The monoisotopic (exact) mass is 295 g/mol. The number of nitrogens with one attached hydrogen (secondary N) is 2. The van der Waals surface area contributed by atoms with E-state index in [-0.39, 0.29) is 0 Å². The molecule has 0 amide bonds. The van der Waals surface area contributed by atoms with Crippen LogP contribution in [0.3, 0.4) is 0 Å². The minimum Gasteiger partial charge on any atom is -0.357 e. The van der Waals surface area contributed by atoms with Crippen molar-refractivity contribution in [2.45, 2.75) is 18.4 Å². The summed E-state index contributed by atoms with van der Waals surface area (Å²) in [5, 5.41) is 6.22. The van der Waals surface area contributed by atoms with Crippen LogP contribution in [0.5, 0.6) is 0 Å². The molecular weight excluding hydrogens is 274 g/mol. The fourth-order valence-electron chi connectivity index (χ4n) is 1.52. The van der Waals surface area contributed by atoms with E-state index < -0.39 is 9.84 Å². The molecule has 1 aromatic carbocycles. The van der Waals surface area contributed by atoms with Gasteiger partial charge in [-0.1, -0.05) is 18.2 Å². The van der Waals surface area contributed by atoms with Gasteiger partial charge in [-0.3, -0.25) is 0 Å². The van der Waals surface area contributed by atoms with Gasteiger partial charge in [0.25, 0.3) is 0 Å². The first-order chi connectivity index (χ1) is 9.47. The van der Waals surface area contributed by atoms with Crippen LogP contribution in [0.4, 0.5) is 0 Å². The summed E-state index contributed by atoms with van der Waals surface area (Å²) < 4.78 is 22.7. The Morgan fingerprint density at radius 3 is 2.45 bits per heavy atom. The number of benzene rings is 1. The molecule has 0 aliphatic carbocycles. The Hall–Kier alpha value is -1.82. The fraction of sp³-hybridized carbons (Fsp3) is 0.357. The Morgan fingerprint density at radius 2 is 1.95 bits per heavy atom. The molecule has 0 spiro atoms. The first kappa shape index (κ1) is 16.2. The first-order valence-electron chi connectivity index (χ1n) is 6.39. The molecule has 0 atom stereocenters. The van der Waals surface area contributed by atoms with E-state index in [2.05, 4.69) is 22.2 Å². The van der Waals surface area contributed by atoms with Crippen molar-refractivity contribution >= 4 is 15.8 Å². The number of guanidine groups is 1. The van der Waals surface area contributed by atoms with E-state index in [9.17, 15) is 8.42 Å². The number of nitrogens with zero attached hydrogens (tertiary/aromatic N) is 1. The second-order valence-electron chi connectivity index (χ2n) is 4.28. The van der Waals surface area contributed by atoms with Crippen molar-refractivity contribution in [3.05, 3.63) is 42.5 Å². The van der Waals surface area contributed by atoms with Gasteiger partial charge in [-0.25, -0.2) is 13.4 Å². The lowest BCUT2D eigenvalue weighted by Crippen LogP contribution is -2.37. The molecule has 5 nitrogen and oxygen atoms in total. The average Bonchev–Trinajstić information content (AvgIpc) is 2.41. The van der Waals surface area contributed by atoms with Crippen LogP contribution in [0, 0.1) is 0 Å². The van der Waals surface area contributed by atoms with Gasteiger partial charge in [-0.2, -0.15) is 0 Å². The van der Waals surface area contributed by atoms with Crippen molar-refractivity contribution in [1.29, 1.82) is 0 Å². The maximum atomic E-state index is 11.4. The predicted molar refractivity (Wildman–Crippen MR) is 82.6 cm³/mol. The van der Waals surface area contributed by atoms with Crippen LogP contribution in [0.1, 0.15) is 12.5 Å². The summed E-state index contributed by atoms with van der Waals surface area (Å²) in [6, 6.07) is 6.75. The molecule has 0 radical (unpaired) electrons. The second-order valence-corrected chi connectivity index (χ2v) is 6.30. The van der Waals surface area contributed by atoms with Gasteiger partial charge in [0, 0.05) is 19.3 Å². The summed E-state index contributed by atoms with van der Waals surface area (Å²) in [5.74, 6) is 0.708. The zero-order valence-corrected chi connectivity index (χ0v) is 12.7. The third kappa shape index (κ3) is 5.44. The minimum atomic E-state index is -3.14. The van der Waals surface area contributed by atoms with Gasteiger partial charge in [0.05, 0.1) is 11.4 Å². The summed E-state index contributed by atoms with van der Waals surface area (Å²) in [6.07, 6.45) is 2.95. The quantitative estimate of drug-likeness (QED) is 0.472. The summed E-state index contributed by atoms with van der Waals surface area (Å²) in [6.45, 7) is 7.53. The van der Waals surface area contributed by atoms with Gasteiger partial charge in [0.1, 0.15) is 0 Å². The van der Waals surface area contributed by atoms with Crippen LogP contribution in [0.15, 0.2) is 46.8 Å². The highest BCUT2D eigenvalue weighted by atomic mass is 32.2. The smallest absolute Gasteiger partial charge is 0.191 e. The third-order valence-corrected chi connectivity index (χ3v) is 3.66. The van der Waals surface area contributed by atoms with Crippen molar-refractivity contribution in [1.82, 2.24) is 10.6 Å². The van der Waals surface area contributed by atoms with E-state index in [1.807, 2.05) is 6.92 Å². The zero-order chi connectivity index (χ0) is 15.0. The van der Waals surface area contributed by atoms with Crippen molar-refractivity contribution in [3.63, 3.8) is 0 Å². The van der Waals surface area contributed by atoms with E-state index in [0.29, 0.717) is 23.9 Å². The van der Waals surface area contributed by atoms with Crippen molar-refractivity contribution in [2.75, 3.05) is 19.3 Å². The highest BCUT2D eigenvalue weighted by molar-refractivity contribution is 7.90. The average molecular weight is 295 g/mol. The summed E-state index contributed by atoms with van der Waals surface area (Å²) >= 11 is 0. The van der Waals surface area contributed by atoms with Gasteiger partial charge in [-0.05, 0) is 24.6 Å². The Labute approximate surface area is 120 Å². The molecule has 0 bridgehead atoms. The van der Waals surface area contributed by atoms with Gasteiger partial charge in [0.15, 0.2) is 15.8 Å². The van der Waals surface area contributed by atoms with E-state index in [1.54, 1.807) is 30.3 Å². The lowest BCUT2D eigenvalue weighted by atomic mass is 10.2. The van der Waals surface area contributed by atoms with Crippen LogP contribution >= 0.6 is 0 Å².